The molecule has 0 radical (unpaired) electrons. The van der Waals surface area contributed by atoms with E-state index in [1.807, 2.05) is 0 Å². The van der Waals surface area contributed by atoms with Crippen molar-refractivity contribution in [3.05, 3.63) is 29.6 Å². The lowest BCUT2D eigenvalue weighted by Crippen LogP contribution is -2.51. The van der Waals surface area contributed by atoms with Crippen LogP contribution in [0.5, 0.6) is 0 Å². The average Bonchev–Trinajstić information content (AvgIpc) is 2.54. The summed E-state index contributed by atoms with van der Waals surface area (Å²) in [7, 11) is -2.02. The second kappa shape index (κ2) is 6.11. The van der Waals surface area contributed by atoms with Crippen molar-refractivity contribution in [2.45, 2.75) is 37.5 Å². The Kier molecular flexibility index (Phi) is 4.42. The fourth-order valence-corrected chi connectivity index (χ4v) is 5.38. The first kappa shape index (κ1) is 17.4. The molecule has 7 heteroatoms. The molecule has 2 aliphatic heterocycles. The van der Waals surface area contributed by atoms with E-state index in [-0.39, 0.29) is 16.2 Å². The highest BCUT2D eigenvalue weighted by molar-refractivity contribution is 7.89. The van der Waals surface area contributed by atoms with Gasteiger partial charge in [-0.1, -0.05) is 6.07 Å². The SMILES string of the molecule is Cc1ccc(F)c(S(=O)(=O)N2CCC3(CCC(=O)N(C)C3)CC2)c1. The first-order chi connectivity index (χ1) is 11.2. The Morgan fingerprint density at radius 2 is 1.83 bits per heavy atom. The predicted octanol–water partition coefficient (Wildman–Crippen LogP) is 2.16. The number of benzene rings is 1. The Balaban J connectivity index is 1.77. The van der Waals surface area contributed by atoms with Crippen LogP contribution >= 0.6 is 0 Å². The molecule has 1 amide bonds. The summed E-state index contributed by atoms with van der Waals surface area (Å²) in [6.07, 6.45) is 2.74. The molecule has 2 fully saturated rings. The Hall–Kier alpha value is -1.47. The first-order valence-electron chi connectivity index (χ1n) is 8.24. The molecule has 0 N–H and O–H groups in total. The summed E-state index contributed by atoms with van der Waals surface area (Å²) in [4.78, 5) is 13.2. The number of aryl methyl sites for hydroxylation is 1. The minimum absolute atomic E-state index is 0.000169. The van der Waals surface area contributed by atoms with Crippen LogP contribution in [0.25, 0.3) is 0 Å². The Labute approximate surface area is 142 Å². The van der Waals surface area contributed by atoms with Crippen molar-refractivity contribution in [2.75, 3.05) is 26.7 Å². The number of carbonyl (C=O) groups excluding carboxylic acids is 1. The Morgan fingerprint density at radius 3 is 2.46 bits per heavy atom. The van der Waals surface area contributed by atoms with Crippen LogP contribution in [-0.2, 0) is 14.8 Å². The number of sulfonamides is 1. The smallest absolute Gasteiger partial charge is 0.245 e. The summed E-state index contributed by atoms with van der Waals surface area (Å²) in [5.41, 5.74) is 0.718. The van der Waals surface area contributed by atoms with E-state index in [1.165, 1.54) is 16.4 Å². The van der Waals surface area contributed by atoms with E-state index in [1.54, 1.807) is 24.9 Å². The molecule has 0 aliphatic carbocycles. The first-order valence-corrected chi connectivity index (χ1v) is 9.68. The van der Waals surface area contributed by atoms with Gasteiger partial charge in [0.25, 0.3) is 0 Å². The molecule has 0 unspecified atom stereocenters. The largest absolute Gasteiger partial charge is 0.345 e. The van der Waals surface area contributed by atoms with E-state index >= 15 is 0 Å². The van der Waals surface area contributed by atoms with Crippen molar-refractivity contribution in [3.63, 3.8) is 0 Å². The van der Waals surface area contributed by atoms with Crippen molar-refractivity contribution in [1.29, 1.82) is 0 Å². The van der Waals surface area contributed by atoms with Crippen molar-refractivity contribution in [3.8, 4) is 0 Å². The van der Waals surface area contributed by atoms with E-state index in [0.717, 1.165) is 12.0 Å². The van der Waals surface area contributed by atoms with Crippen LogP contribution in [0.3, 0.4) is 0 Å². The third kappa shape index (κ3) is 3.07. The molecular weight excluding hydrogens is 331 g/mol. The zero-order valence-electron chi connectivity index (χ0n) is 14.1. The highest BCUT2D eigenvalue weighted by atomic mass is 32.2. The van der Waals surface area contributed by atoms with Gasteiger partial charge in [0.05, 0.1) is 0 Å². The predicted molar refractivity (Wildman–Crippen MR) is 88.4 cm³/mol. The van der Waals surface area contributed by atoms with E-state index in [0.29, 0.717) is 38.9 Å². The van der Waals surface area contributed by atoms with Crippen LogP contribution in [0.1, 0.15) is 31.2 Å². The van der Waals surface area contributed by atoms with E-state index in [9.17, 15) is 17.6 Å². The molecule has 0 aromatic heterocycles. The van der Waals surface area contributed by atoms with Gasteiger partial charge >= 0.3 is 0 Å². The minimum atomic E-state index is -3.82. The van der Waals surface area contributed by atoms with E-state index < -0.39 is 15.8 Å². The lowest BCUT2D eigenvalue weighted by molar-refractivity contribution is -0.136. The Morgan fingerprint density at radius 1 is 1.17 bits per heavy atom. The normalized spacial score (nSPS) is 22.1. The third-order valence-corrected chi connectivity index (χ3v) is 7.27. The highest BCUT2D eigenvalue weighted by Crippen LogP contribution is 2.41. The van der Waals surface area contributed by atoms with Crippen molar-refractivity contribution >= 4 is 15.9 Å². The maximum absolute atomic E-state index is 14.0. The quantitative estimate of drug-likeness (QED) is 0.818. The summed E-state index contributed by atoms with van der Waals surface area (Å²) >= 11 is 0. The molecule has 3 rings (SSSR count). The number of piperidine rings is 2. The molecule has 1 spiro atoms. The zero-order valence-corrected chi connectivity index (χ0v) is 14.9. The second-order valence-corrected chi connectivity index (χ2v) is 8.99. The topological polar surface area (TPSA) is 57.7 Å². The van der Waals surface area contributed by atoms with Crippen molar-refractivity contribution < 1.29 is 17.6 Å². The van der Waals surface area contributed by atoms with Crippen LogP contribution < -0.4 is 0 Å². The van der Waals surface area contributed by atoms with Crippen LogP contribution in [0.4, 0.5) is 4.39 Å². The van der Waals surface area contributed by atoms with Crippen LogP contribution in [0.15, 0.2) is 23.1 Å². The monoisotopic (exact) mass is 354 g/mol. The van der Waals surface area contributed by atoms with Gasteiger partial charge < -0.3 is 4.90 Å². The molecule has 0 atom stereocenters. The summed E-state index contributed by atoms with van der Waals surface area (Å²) in [5.74, 6) is -0.554. The number of hydrogen-bond donors (Lipinski definition) is 0. The van der Waals surface area contributed by atoms with Crippen molar-refractivity contribution in [1.82, 2.24) is 9.21 Å². The average molecular weight is 354 g/mol. The Bertz CT molecular complexity index is 755. The van der Waals surface area contributed by atoms with E-state index in [2.05, 4.69) is 0 Å². The molecule has 5 nitrogen and oxygen atoms in total. The lowest BCUT2D eigenvalue weighted by atomic mass is 9.73. The number of amides is 1. The van der Waals surface area contributed by atoms with E-state index in [4.69, 9.17) is 0 Å². The summed E-state index contributed by atoms with van der Waals surface area (Å²) in [6, 6.07) is 4.16. The summed E-state index contributed by atoms with van der Waals surface area (Å²) in [5, 5.41) is 0. The molecule has 0 saturated carbocycles. The summed E-state index contributed by atoms with van der Waals surface area (Å²) < 4.78 is 40.9. The van der Waals surface area contributed by atoms with Gasteiger partial charge in [0, 0.05) is 33.1 Å². The van der Waals surface area contributed by atoms with Gasteiger partial charge in [-0.3, -0.25) is 4.79 Å². The van der Waals surface area contributed by atoms with Crippen LogP contribution in [-0.4, -0.2) is 50.2 Å². The minimum Gasteiger partial charge on any atom is -0.345 e. The lowest BCUT2D eigenvalue weighted by Gasteiger charge is -2.46. The van der Waals surface area contributed by atoms with Gasteiger partial charge in [-0.05, 0) is 49.3 Å². The molecule has 0 bridgehead atoms. The van der Waals surface area contributed by atoms with Gasteiger partial charge in [-0.2, -0.15) is 4.31 Å². The third-order valence-electron chi connectivity index (χ3n) is 5.36. The maximum atomic E-state index is 14.0. The maximum Gasteiger partial charge on any atom is 0.245 e. The molecule has 2 heterocycles. The fourth-order valence-electron chi connectivity index (χ4n) is 3.79. The fraction of sp³-hybridized carbons (Fsp3) is 0.588. The molecule has 2 aliphatic rings. The van der Waals surface area contributed by atoms with Gasteiger partial charge in [-0.25, -0.2) is 12.8 Å². The second-order valence-electron chi connectivity index (χ2n) is 7.09. The van der Waals surface area contributed by atoms with Gasteiger partial charge in [-0.15, -0.1) is 0 Å². The molecule has 1 aromatic carbocycles. The van der Waals surface area contributed by atoms with Crippen molar-refractivity contribution in [2.24, 2.45) is 5.41 Å². The van der Waals surface area contributed by atoms with Gasteiger partial charge in [0.15, 0.2) is 0 Å². The number of rotatable bonds is 2. The summed E-state index contributed by atoms with van der Waals surface area (Å²) in [6.45, 7) is 3.17. The number of likely N-dealkylation sites (tertiary alicyclic amines) is 1. The van der Waals surface area contributed by atoms with Gasteiger partial charge in [0.1, 0.15) is 10.7 Å². The molecule has 24 heavy (non-hydrogen) atoms. The standard InChI is InChI=1S/C17H23FN2O3S/c1-13-3-4-14(18)15(11-13)24(22,23)20-9-7-17(8-10-20)6-5-16(21)19(2)12-17/h3-4,11H,5-10,12H2,1-2H3. The molecule has 132 valence electrons. The van der Waals surface area contributed by atoms with Gasteiger partial charge in [0.2, 0.25) is 15.9 Å². The molecule has 1 aromatic rings. The number of hydrogen-bond acceptors (Lipinski definition) is 3. The van der Waals surface area contributed by atoms with Crippen LogP contribution in [0, 0.1) is 18.2 Å². The van der Waals surface area contributed by atoms with Crippen LogP contribution in [0.2, 0.25) is 0 Å². The number of carbonyl (C=O) groups is 1. The molecular formula is C17H23FN2O3S. The number of nitrogens with zero attached hydrogens (tertiary/aromatic N) is 2. The highest BCUT2D eigenvalue weighted by Gasteiger charge is 2.42. The number of halogens is 1. The zero-order chi connectivity index (χ0) is 17.5. The molecule has 2 saturated heterocycles.